The molecular formula is C21H13BrF3N3OS. The van der Waals surface area contributed by atoms with E-state index >= 15 is 0 Å². The van der Waals surface area contributed by atoms with Crippen LogP contribution in [0, 0.1) is 0 Å². The minimum atomic E-state index is -4.54. The molecule has 0 bridgehead atoms. The molecule has 1 amide bonds. The quantitative estimate of drug-likeness (QED) is 0.335. The number of thiazole rings is 1. The van der Waals surface area contributed by atoms with E-state index in [2.05, 4.69) is 25.9 Å². The van der Waals surface area contributed by atoms with Gasteiger partial charge >= 0.3 is 6.18 Å². The Balaban J connectivity index is 1.77. The number of aromatic nitrogens is 2. The van der Waals surface area contributed by atoms with Crippen molar-refractivity contribution in [2.75, 3.05) is 4.90 Å². The van der Waals surface area contributed by atoms with Gasteiger partial charge in [-0.05, 0) is 48.0 Å². The Morgan fingerprint density at radius 1 is 1.10 bits per heavy atom. The summed E-state index contributed by atoms with van der Waals surface area (Å²) in [6, 6.07) is 13.5. The van der Waals surface area contributed by atoms with Gasteiger partial charge in [0.05, 0.1) is 22.3 Å². The SMILES string of the molecule is O=C(c1cccc(C(F)(F)F)c1)N(Cc1cccnc1)c1nc2ccc(Br)cc2s1. The fourth-order valence-corrected chi connectivity index (χ4v) is 4.40. The van der Waals surface area contributed by atoms with Gasteiger partial charge in [0, 0.05) is 22.4 Å². The molecule has 152 valence electrons. The highest BCUT2D eigenvalue weighted by Gasteiger charge is 2.32. The van der Waals surface area contributed by atoms with Gasteiger partial charge < -0.3 is 0 Å². The molecule has 0 aliphatic carbocycles. The molecule has 0 radical (unpaired) electrons. The highest BCUT2D eigenvalue weighted by atomic mass is 79.9. The summed E-state index contributed by atoms with van der Waals surface area (Å²) < 4.78 is 41.1. The number of nitrogens with zero attached hydrogens (tertiary/aromatic N) is 3. The van der Waals surface area contributed by atoms with E-state index in [1.54, 1.807) is 24.5 Å². The first-order valence-corrected chi connectivity index (χ1v) is 10.4. The normalized spacial score (nSPS) is 11.6. The van der Waals surface area contributed by atoms with E-state index in [1.807, 2.05) is 18.2 Å². The molecule has 4 rings (SSSR count). The standard InChI is InChI=1S/C21H13BrF3N3OS/c22-16-6-7-17-18(10-16)30-20(27-17)28(12-13-3-2-8-26-11-13)19(29)14-4-1-5-15(9-14)21(23,24)25/h1-11H,12H2. The summed E-state index contributed by atoms with van der Waals surface area (Å²) in [4.78, 5) is 23.2. The van der Waals surface area contributed by atoms with E-state index in [-0.39, 0.29) is 12.1 Å². The average Bonchev–Trinajstić information content (AvgIpc) is 3.14. The number of hydrogen-bond donors (Lipinski definition) is 0. The lowest BCUT2D eigenvalue weighted by atomic mass is 10.1. The molecule has 0 saturated heterocycles. The summed E-state index contributed by atoms with van der Waals surface area (Å²) in [6.07, 6.45) is -1.32. The number of alkyl halides is 3. The molecule has 30 heavy (non-hydrogen) atoms. The molecular weight excluding hydrogens is 479 g/mol. The van der Waals surface area contributed by atoms with Crippen LogP contribution in [0.5, 0.6) is 0 Å². The maximum absolute atomic E-state index is 13.3. The molecule has 0 aliphatic heterocycles. The van der Waals surface area contributed by atoms with Gasteiger partial charge in [-0.2, -0.15) is 13.2 Å². The highest BCUT2D eigenvalue weighted by Crippen LogP contribution is 2.34. The predicted octanol–water partition coefficient (Wildman–Crippen LogP) is 6.32. The van der Waals surface area contributed by atoms with E-state index in [0.717, 1.165) is 26.9 Å². The fourth-order valence-electron chi connectivity index (χ4n) is 2.89. The summed E-state index contributed by atoms with van der Waals surface area (Å²) in [7, 11) is 0. The van der Waals surface area contributed by atoms with Gasteiger partial charge in [-0.15, -0.1) is 0 Å². The topological polar surface area (TPSA) is 46.1 Å². The number of halogens is 4. The van der Waals surface area contributed by atoms with Crippen LogP contribution in [-0.4, -0.2) is 15.9 Å². The Morgan fingerprint density at radius 3 is 2.67 bits per heavy atom. The van der Waals surface area contributed by atoms with Crippen LogP contribution in [0.25, 0.3) is 10.2 Å². The van der Waals surface area contributed by atoms with Crippen LogP contribution in [0.2, 0.25) is 0 Å². The Hall–Kier alpha value is -2.78. The summed E-state index contributed by atoms with van der Waals surface area (Å²) in [5.74, 6) is -0.567. The van der Waals surface area contributed by atoms with Crippen LogP contribution in [0.1, 0.15) is 21.5 Å². The zero-order valence-corrected chi connectivity index (χ0v) is 17.6. The van der Waals surface area contributed by atoms with E-state index in [4.69, 9.17) is 0 Å². The molecule has 0 fully saturated rings. The lowest BCUT2D eigenvalue weighted by molar-refractivity contribution is -0.137. The second-order valence-electron chi connectivity index (χ2n) is 6.44. The van der Waals surface area contributed by atoms with Gasteiger partial charge in [0.2, 0.25) is 0 Å². The zero-order chi connectivity index (χ0) is 21.3. The smallest absolute Gasteiger partial charge is 0.279 e. The Morgan fingerprint density at radius 2 is 1.93 bits per heavy atom. The van der Waals surface area contributed by atoms with Crippen LogP contribution in [0.4, 0.5) is 18.3 Å². The second-order valence-corrected chi connectivity index (χ2v) is 8.36. The van der Waals surface area contributed by atoms with E-state index in [0.29, 0.717) is 10.6 Å². The van der Waals surface area contributed by atoms with Gasteiger partial charge in [0.15, 0.2) is 5.13 Å². The maximum atomic E-state index is 13.3. The van der Waals surface area contributed by atoms with Crippen LogP contribution >= 0.6 is 27.3 Å². The van der Waals surface area contributed by atoms with Crippen LogP contribution < -0.4 is 4.90 Å². The van der Waals surface area contributed by atoms with Crippen molar-refractivity contribution >= 4 is 48.5 Å². The van der Waals surface area contributed by atoms with E-state index in [1.165, 1.54) is 28.4 Å². The number of pyridine rings is 1. The summed E-state index contributed by atoms with van der Waals surface area (Å²) >= 11 is 4.70. The Labute approximate surface area is 182 Å². The number of benzene rings is 2. The lowest BCUT2D eigenvalue weighted by Crippen LogP contribution is -2.30. The number of anilines is 1. The molecule has 0 saturated carbocycles. The third-order valence-electron chi connectivity index (χ3n) is 4.32. The van der Waals surface area contributed by atoms with Gasteiger partial charge in [0.25, 0.3) is 5.91 Å². The van der Waals surface area contributed by atoms with Crippen molar-refractivity contribution in [3.05, 3.63) is 88.2 Å². The minimum Gasteiger partial charge on any atom is -0.279 e. The molecule has 4 nitrogen and oxygen atoms in total. The average molecular weight is 492 g/mol. The molecule has 0 aliphatic rings. The number of carbonyl (C=O) groups excluding carboxylic acids is 1. The van der Waals surface area contributed by atoms with Gasteiger partial charge in [0.1, 0.15) is 0 Å². The van der Waals surface area contributed by atoms with Gasteiger partial charge in [-0.1, -0.05) is 39.4 Å². The lowest BCUT2D eigenvalue weighted by Gasteiger charge is -2.20. The molecule has 2 heterocycles. The predicted molar refractivity (Wildman–Crippen MR) is 114 cm³/mol. The number of carbonyl (C=O) groups is 1. The van der Waals surface area contributed by atoms with Crippen molar-refractivity contribution < 1.29 is 18.0 Å². The number of amides is 1. The molecule has 2 aromatic carbocycles. The molecule has 0 unspecified atom stereocenters. The molecule has 2 aromatic heterocycles. The largest absolute Gasteiger partial charge is 0.416 e. The summed E-state index contributed by atoms with van der Waals surface area (Å²) in [6.45, 7) is 0.129. The molecule has 0 spiro atoms. The second kappa shape index (κ2) is 8.16. The summed E-state index contributed by atoms with van der Waals surface area (Å²) in [5, 5.41) is 0.398. The molecule has 4 aromatic rings. The number of hydrogen-bond acceptors (Lipinski definition) is 4. The molecule has 0 atom stereocenters. The maximum Gasteiger partial charge on any atom is 0.416 e. The number of fused-ring (bicyclic) bond motifs is 1. The summed E-state index contributed by atoms with van der Waals surface area (Å²) in [5.41, 5.74) is 0.501. The Bertz CT molecular complexity index is 1210. The minimum absolute atomic E-state index is 0.0610. The highest BCUT2D eigenvalue weighted by molar-refractivity contribution is 9.10. The fraction of sp³-hybridized carbons (Fsp3) is 0.0952. The Kier molecular flexibility index (Phi) is 5.57. The van der Waals surface area contributed by atoms with Crippen molar-refractivity contribution in [3.8, 4) is 0 Å². The zero-order valence-electron chi connectivity index (χ0n) is 15.2. The van der Waals surface area contributed by atoms with Crippen molar-refractivity contribution in [2.45, 2.75) is 12.7 Å². The van der Waals surface area contributed by atoms with Gasteiger partial charge in [-0.25, -0.2) is 4.98 Å². The third-order valence-corrected chi connectivity index (χ3v) is 5.85. The number of rotatable bonds is 4. The first kappa shape index (κ1) is 20.5. The molecule has 0 N–H and O–H groups in total. The van der Waals surface area contributed by atoms with Crippen LogP contribution in [0.15, 0.2) is 71.5 Å². The van der Waals surface area contributed by atoms with Crippen molar-refractivity contribution in [1.82, 2.24) is 9.97 Å². The van der Waals surface area contributed by atoms with Crippen LogP contribution in [-0.2, 0) is 12.7 Å². The first-order valence-electron chi connectivity index (χ1n) is 8.75. The first-order chi connectivity index (χ1) is 14.3. The van der Waals surface area contributed by atoms with E-state index < -0.39 is 17.6 Å². The van der Waals surface area contributed by atoms with Gasteiger partial charge in [-0.3, -0.25) is 14.7 Å². The van der Waals surface area contributed by atoms with E-state index in [9.17, 15) is 18.0 Å². The monoisotopic (exact) mass is 491 g/mol. The van der Waals surface area contributed by atoms with Crippen LogP contribution in [0.3, 0.4) is 0 Å². The van der Waals surface area contributed by atoms with Crippen molar-refractivity contribution in [2.24, 2.45) is 0 Å². The molecule has 9 heteroatoms. The van der Waals surface area contributed by atoms with Crippen molar-refractivity contribution in [3.63, 3.8) is 0 Å². The van der Waals surface area contributed by atoms with Crippen molar-refractivity contribution in [1.29, 1.82) is 0 Å². The third kappa shape index (κ3) is 4.36.